The van der Waals surface area contributed by atoms with E-state index in [-0.39, 0.29) is 10.8 Å². The minimum atomic E-state index is -3.49. The molecule has 2 N–H and O–H groups in total. The van der Waals surface area contributed by atoms with Crippen LogP contribution < -0.4 is 10.0 Å². The van der Waals surface area contributed by atoms with Crippen molar-refractivity contribution >= 4 is 33.2 Å². The smallest absolute Gasteiger partial charge is 0.240 e. The highest BCUT2D eigenvalue weighted by Crippen LogP contribution is 2.28. The van der Waals surface area contributed by atoms with Crippen molar-refractivity contribution in [1.29, 1.82) is 0 Å². The van der Waals surface area contributed by atoms with Crippen molar-refractivity contribution < 1.29 is 13.2 Å². The Morgan fingerprint density at radius 1 is 1.12 bits per heavy atom. The number of sulfonamides is 1. The lowest BCUT2D eigenvalue weighted by atomic mass is 10.1. The summed E-state index contributed by atoms with van der Waals surface area (Å²) in [5, 5.41) is 3.43. The van der Waals surface area contributed by atoms with Crippen molar-refractivity contribution in [1.82, 2.24) is 4.72 Å². The number of carbonyl (C=O) groups excluding carboxylic acids is 1. The van der Waals surface area contributed by atoms with Gasteiger partial charge < -0.3 is 5.32 Å². The zero-order valence-electron chi connectivity index (χ0n) is 14.2. The number of rotatable bonds is 8. The van der Waals surface area contributed by atoms with Crippen LogP contribution in [-0.2, 0) is 21.2 Å². The lowest BCUT2D eigenvalue weighted by molar-refractivity contribution is -0.116. The topological polar surface area (TPSA) is 75.3 Å². The van der Waals surface area contributed by atoms with Crippen LogP contribution in [0.2, 0.25) is 5.02 Å². The molecule has 1 fully saturated rings. The molecular formula is C19H21ClN2O3S. The predicted octanol–water partition coefficient (Wildman–Crippen LogP) is 3.60. The highest BCUT2D eigenvalue weighted by Gasteiger charge is 2.24. The standard InChI is InChI=1S/C19H21ClN2O3S/c20-16-3-1-2-14(12-16)6-11-19(23)22-17-7-9-18(10-8-17)26(24,25)21-13-15-4-5-15/h1-3,7-10,12,15,21H,4-6,11,13H2,(H,22,23). The van der Waals surface area contributed by atoms with E-state index in [9.17, 15) is 13.2 Å². The van der Waals surface area contributed by atoms with E-state index in [2.05, 4.69) is 10.0 Å². The third kappa shape index (κ3) is 5.56. The maximum absolute atomic E-state index is 12.2. The molecule has 1 aliphatic carbocycles. The Balaban J connectivity index is 1.52. The van der Waals surface area contributed by atoms with E-state index in [0.717, 1.165) is 18.4 Å². The molecule has 138 valence electrons. The minimum absolute atomic E-state index is 0.132. The summed E-state index contributed by atoms with van der Waals surface area (Å²) in [6, 6.07) is 13.6. The fourth-order valence-corrected chi connectivity index (χ4v) is 3.85. The van der Waals surface area contributed by atoms with Crippen LogP contribution >= 0.6 is 11.6 Å². The molecule has 0 radical (unpaired) electrons. The summed E-state index contributed by atoms with van der Waals surface area (Å²) in [7, 11) is -3.49. The van der Waals surface area contributed by atoms with Gasteiger partial charge in [-0.1, -0.05) is 23.7 Å². The Morgan fingerprint density at radius 3 is 2.50 bits per heavy atom. The van der Waals surface area contributed by atoms with Crippen LogP contribution in [0.1, 0.15) is 24.8 Å². The van der Waals surface area contributed by atoms with Crippen molar-refractivity contribution in [3.63, 3.8) is 0 Å². The molecule has 0 saturated heterocycles. The lowest BCUT2D eigenvalue weighted by Crippen LogP contribution is -2.25. The van der Waals surface area contributed by atoms with E-state index in [1.807, 2.05) is 18.2 Å². The Hall–Kier alpha value is -1.89. The quantitative estimate of drug-likeness (QED) is 0.720. The normalized spacial score (nSPS) is 14.2. The number of benzene rings is 2. The molecule has 0 spiro atoms. The van der Waals surface area contributed by atoms with Crippen molar-refractivity contribution in [2.24, 2.45) is 5.92 Å². The molecule has 3 rings (SSSR count). The highest BCUT2D eigenvalue weighted by atomic mass is 35.5. The third-order valence-electron chi connectivity index (χ3n) is 4.24. The maximum Gasteiger partial charge on any atom is 0.240 e. The number of hydrogen-bond acceptors (Lipinski definition) is 3. The Kier molecular flexibility index (Phi) is 5.96. The zero-order chi connectivity index (χ0) is 18.6. The van der Waals surface area contributed by atoms with E-state index in [0.29, 0.717) is 36.0 Å². The van der Waals surface area contributed by atoms with Gasteiger partial charge in [-0.05, 0) is 67.1 Å². The first-order valence-corrected chi connectivity index (χ1v) is 10.4. The van der Waals surface area contributed by atoms with Gasteiger partial charge in [0.05, 0.1) is 4.90 Å². The monoisotopic (exact) mass is 392 g/mol. The molecule has 7 heteroatoms. The van der Waals surface area contributed by atoms with E-state index in [4.69, 9.17) is 11.6 Å². The molecule has 0 aromatic heterocycles. The first-order chi connectivity index (χ1) is 12.4. The van der Waals surface area contributed by atoms with Gasteiger partial charge in [0.1, 0.15) is 0 Å². The second kappa shape index (κ2) is 8.20. The van der Waals surface area contributed by atoms with Crippen LogP contribution in [0.3, 0.4) is 0 Å². The van der Waals surface area contributed by atoms with Gasteiger partial charge in [0.25, 0.3) is 0 Å². The summed E-state index contributed by atoms with van der Waals surface area (Å²) in [6.07, 6.45) is 3.08. The molecule has 0 bridgehead atoms. The van der Waals surface area contributed by atoms with Gasteiger partial charge in [-0.2, -0.15) is 0 Å². The predicted molar refractivity (Wildman–Crippen MR) is 103 cm³/mol. The first kappa shape index (κ1) is 18.9. The average Bonchev–Trinajstić information content (AvgIpc) is 3.43. The minimum Gasteiger partial charge on any atom is -0.326 e. The fraction of sp³-hybridized carbons (Fsp3) is 0.316. The van der Waals surface area contributed by atoms with E-state index in [1.165, 1.54) is 12.1 Å². The molecular weight excluding hydrogens is 372 g/mol. The molecule has 0 atom stereocenters. The summed E-state index contributed by atoms with van der Waals surface area (Å²) in [6.45, 7) is 0.490. The second-order valence-corrected chi connectivity index (χ2v) is 8.70. The van der Waals surface area contributed by atoms with Gasteiger partial charge in [-0.25, -0.2) is 13.1 Å². The molecule has 5 nitrogen and oxygen atoms in total. The fourth-order valence-electron chi connectivity index (χ4n) is 2.52. The van der Waals surface area contributed by atoms with Gasteiger partial charge in [-0.3, -0.25) is 4.79 Å². The number of amides is 1. The van der Waals surface area contributed by atoms with Crippen LogP contribution in [0.5, 0.6) is 0 Å². The lowest BCUT2D eigenvalue weighted by Gasteiger charge is -2.08. The molecule has 1 aliphatic rings. The summed E-state index contributed by atoms with van der Waals surface area (Å²) in [5.74, 6) is 0.343. The number of carbonyl (C=O) groups is 1. The van der Waals surface area contributed by atoms with E-state index >= 15 is 0 Å². The molecule has 1 saturated carbocycles. The number of nitrogens with one attached hydrogen (secondary N) is 2. The SMILES string of the molecule is O=C(CCc1cccc(Cl)c1)Nc1ccc(S(=O)(=O)NCC2CC2)cc1. The molecule has 26 heavy (non-hydrogen) atoms. The zero-order valence-corrected chi connectivity index (χ0v) is 15.8. The van der Waals surface area contributed by atoms with Crippen molar-refractivity contribution in [2.45, 2.75) is 30.6 Å². The number of aryl methyl sites for hydroxylation is 1. The molecule has 0 heterocycles. The van der Waals surface area contributed by atoms with Gasteiger partial charge in [0.2, 0.25) is 15.9 Å². The first-order valence-electron chi connectivity index (χ1n) is 8.56. The molecule has 0 aliphatic heterocycles. The van der Waals surface area contributed by atoms with Gasteiger partial charge >= 0.3 is 0 Å². The van der Waals surface area contributed by atoms with Crippen molar-refractivity contribution in [2.75, 3.05) is 11.9 Å². The van der Waals surface area contributed by atoms with Crippen LogP contribution in [0.15, 0.2) is 53.4 Å². The highest BCUT2D eigenvalue weighted by molar-refractivity contribution is 7.89. The van der Waals surface area contributed by atoms with Crippen LogP contribution in [0, 0.1) is 5.92 Å². The van der Waals surface area contributed by atoms with Crippen molar-refractivity contribution in [3.05, 3.63) is 59.1 Å². The largest absolute Gasteiger partial charge is 0.326 e. The van der Waals surface area contributed by atoms with Gasteiger partial charge in [0.15, 0.2) is 0 Å². The average molecular weight is 393 g/mol. The number of hydrogen-bond donors (Lipinski definition) is 2. The summed E-state index contributed by atoms with van der Waals surface area (Å²) in [4.78, 5) is 12.3. The van der Waals surface area contributed by atoms with Crippen LogP contribution in [-0.4, -0.2) is 20.9 Å². The Morgan fingerprint density at radius 2 is 1.85 bits per heavy atom. The summed E-state index contributed by atoms with van der Waals surface area (Å²) >= 11 is 5.93. The molecule has 2 aromatic carbocycles. The Labute approximate surface area is 158 Å². The summed E-state index contributed by atoms with van der Waals surface area (Å²) < 4.78 is 27.0. The van der Waals surface area contributed by atoms with E-state index in [1.54, 1.807) is 18.2 Å². The molecule has 0 unspecified atom stereocenters. The van der Waals surface area contributed by atoms with Crippen molar-refractivity contribution in [3.8, 4) is 0 Å². The third-order valence-corrected chi connectivity index (χ3v) is 5.91. The Bertz CT molecular complexity index is 878. The van der Waals surface area contributed by atoms with Crippen LogP contribution in [0.25, 0.3) is 0 Å². The number of halogens is 1. The molecule has 1 amide bonds. The van der Waals surface area contributed by atoms with Crippen LogP contribution in [0.4, 0.5) is 5.69 Å². The number of anilines is 1. The van der Waals surface area contributed by atoms with E-state index < -0.39 is 10.0 Å². The molecule has 2 aromatic rings. The second-order valence-electron chi connectivity index (χ2n) is 6.50. The van der Waals surface area contributed by atoms with Gasteiger partial charge in [-0.15, -0.1) is 0 Å². The summed E-state index contributed by atoms with van der Waals surface area (Å²) in [5.41, 5.74) is 1.57. The van der Waals surface area contributed by atoms with Gasteiger partial charge in [0, 0.05) is 23.7 Å². The maximum atomic E-state index is 12.2.